The van der Waals surface area contributed by atoms with E-state index in [1.165, 1.54) is 12.1 Å². The third kappa shape index (κ3) is 5.32. The highest BCUT2D eigenvalue weighted by molar-refractivity contribution is 6.06. The number of carbonyl (C=O) groups excluding carboxylic acids is 2. The number of rotatable bonds is 7. The molecule has 164 valence electrons. The Labute approximate surface area is 187 Å². The predicted molar refractivity (Wildman–Crippen MR) is 121 cm³/mol. The lowest BCUT2D eigenvalue weighted by atomic mass is 9.97. The van der Waals surface area contributed by atoms with Gasteiger partial charge < -0.3 is 14.5 Å². The van der Waals surface area contributed by atoms with Gasteiger partial charge in [-0.1, -0.05) is 24.3 Å². The molecule has 0 spiro atoms. The van der Waals surface area contributed by atoms with E-state index in [2.05, 4.69) is 0 Å². The van der Waals surface area contributed by atoms with Crippen LogP contribution in [-0.2, 0) is 4.79 Å². The van der Waals surface area contributed by atoms with E-state index in [9.17, 15) is 14.0 Å². The summed E-state index contributed by atoms with van der Waals surface area (Å²) in [4.78, 5) is 28.3. The number of benzene rings is 3. The SMILES string of the molecule is O=CN1CCCC(CN(C(=O)c2cccc(Oc3ccc(F)cc3)c2)c2ccccc2)C1. The maximum atomic E-state index is 13.6. The summed E-state index contributed by atoms with van der Waals surface area (Å²) in [5, 5.41) is 0. The molecule has 0 bridgehead atoms. The predicted octanol–water partition coefficient (Wildman–Crippen LogP) is 5.13. The molecule has 1 atom stereocenters. The Balaban J connectivity index is 1.56. The Morgan fingerprint density at radius 3 is 2.56 bits per heavy atom. The third-order valence-electron chi connectivity index (χ3n) is 5.58. The standard InChI is InChI=1S/C26H25FN2O3/c27-22-11-13-24(14-12-22)32-25-10-4-7-21(16-25)26(31)29(23-8-2-1-3-9-23)18-20-6-5-15-28(17-20)19-30/h1-4,7-14,16,19-20H,5-6,15,17-18H2. The number of nitrogens with zero attached hydrogens (tertiary/aromatic N) is 2. The van der Waals surface area contributed by atoms with Crippen molar-refractivity contribution in [2.75, 3.05) is 24.5 Å². The smallest absolute Gasteiger partial charge is 0.258 e. The van der Waals surface area contributed by atoms with E-state index in [4.69, 9.17) is 4.74 Å². The molecule has 6 heteroatoms. The van der Waals surface area contributed by atoms with Crippen molar-refractivity contribution >= 4 is 18.0 Å². The summed E-state index contributed by atoms with van der Waals surface area (Å²) >= 11 is 0. The number of ether oxygens (including phenoxy) is 1. The highest BCUT2D eigenvalue weighted by Gasteiger charge is 2.25. The van der Waals surface area contributed by atoms with Gasteiger partial charge in [0, 0.05) is 30.9 Å². The maximum absolute atomic E-state index is 13.6. The van der Waals surface area contributed by atoms with Crippen molar-refractivity contribution in [2.24, 2.45) is 5.92 Å². The fraction of sp³-hybridized carbons (Fsp3) is 0.231. The normalized spacial score (nSPS) is 15.8. The molecule has 2 amide bonds. The van der Waals surface area contributed by atoms with Gasteiger partial charge in [0.25, 0.3) is 5.91 Å². The quantitative estimate of drug-likeness (QED) is 0.486. The number of halogens is 1. The fourth-order valence-corrected chi connectivity index (χ4v) is 4.00. The van der Waals surface area contributed by atoms with E-state index in [0.717, 1.165) is 31.5 Å². The minimum atomic E-state index is -0.337. The van der Waals surface area contributed by atoms with E-state index in [1.54, 1.807) is 46.2 Å². The van der Waals surface area contributed by atoms with Crippen LogP contribution in [0.4, 0.5) is 10.1 Å². The molecular formula is C26H25FN2O3. The van der Waals surface area contributed by atoms with E-state index in [1.807, 2.05) is 30.3 Å². The lowest BCUT2D eigenvalue weighted by Gasteiger charge is -2.34. The Bertz CT molecular complexity index is 1060. The van der Waals surface area contributed by atoms with Crippen molar-refractivity contribution in [2.45, 2.75) is 12.8 Å². The minimum Gasteiger partial charge on any atom is -0.457 e. The van der Waals surface area contributed by atoms with Crippen LogP contribution in [0.1, 0.15) is 23.2 Å². The van der Waals surface area contributed by atoms with Gasteiger partial charge in [-0.3, -0.25) is 9.59 Å². The molecule has 32 heavy (non-hydrogen) atoms. The molecule has 1 aliphatic rings. The van der Waals surface area contributed by atoms with Crippen molar-refractivity contribution in [3.05, 3.63) is 90.2 Å². The molecule has 0 radical (unpaired) electrons. The van der Waals surface area contributed by atoms with Gasteiger partial charge in [0.05, 0.1) is 0 Å². The highest BCUT2D eigenvalue weighted by Crippen LogP contribution is 2.26. The van der Waals surface area contributed by atoms with Crippen molar-refractivity contribution in [3.63, 3.8) is 0 Å². The molecule has 1 unspecified atom stereocenters. The van der Waals surface area contributed by atoms with Crippen LogP contribution in [0, 0.1) is 11.7 Å². The monoisotopic (exact) mass is 432 g/mol. The maximum Gasteiger partial charge on any atom is 0.258 e. The van der Waals surface area contributed by atoms with Gasteiger partial charge in [0.1, 0.15) is 17.3 Å². The molecule has 1 heterocycles. The number of likely N-dealkylation sites (tertiary alicyclic amines) is 1. The summed E-state index contributed by atoms with van der Waals surface area (Å²) < 4.78 is 19.0. The summed E-state index contributed by atoms with van der Waals surface area (Å²) in [7, 11) is 0. The number of amides is 2. The number of hydrogen-bond acceptors (Lipinski definition) is 3. The number of anilines is 1. The van der Waals surface area contributed by atoms with Crippen LogP contribution >= 0.6 is 0 Å². The topological polar surface area (TPSA) is 49.9 Å². The first-order valence-corrected chi connectivity index (χ1v) is 10.7. The van der Waals surface area contributed by atoms with Gasteiger partial charge in [-0.2, -0.15) is 0 Å². The summed E-state index contributed by atoms with van der Waals surface area (Å²) in [5.74, 6) is 0.726. The van der Waals surface area contributed by atoms with Crippen molar-refractivity contribution in [1.29, 1.82) is 0 Å². The Hall–Kier alpha value is -3.67. The van der Waals surface area contributed by atoms with Gasteiger partial charge in [0.2, 0.25) is 6.41 Å². The lowest BCUT2D eigenvalue weighted by Crippen LogP contribution is -2.42. The lowest BCUT2D eigenvalue weighted by molar-refractivity contribution is -0.119. The van der Waals surface area contributed by atoms with E-state index in [0.29, 0.717) is 30.2 Å². The molecule has 0 saturated carbocycles. The second kappa shape index (κ2) is 10.1. The first-order valence-electron chi connectivity index (χ1n) is 10.7. The molecular weight excluding hydrogens is 407 g/mol. The second-order valence-corrected chi connectivity index (χ2v) is 7.94. The largest absolute Gasteiger partial charge is 0.457 e. The molecule has 1 fully saturated rings. The van der Waals surface area contributed by atoms with Crippen LogP contribution in [-0.4, -0.2) is 36.9 Å². The van der Waals surface area contributed by atoms with Gasteiger partial charge >= 0.3 is 0 Å². The fourth-order valence-electron chi connectivity index (χ4n) is 4.00. The average molecular weight is 432 g/mol. The molecule has 0 aromatic heterocycles. The third-order valence-corrected chi connectivity index (χ3v) is 5.58. The van der Waals surface area contributed by atoms with E-state index < -0.39 is 0 Å². The van der Waals surface area contributed by atoms with Crippen LogP contribution in [0.25, 0.3) is 0 Å². The van der Waals surface area contributed by atoms with Gasteiger partial charge in [-0.25, -0.2) is 4.39 Å². The zero-order chi connectivity index (χ0) is 22.3. The van der Waals surface area contributed by atoms with Crippen molar-refractivity contribution in [1.82, 2.24) is 4.90 Å². The molecule has 0 aliphatic carbocycles. The highest BCUT2D eigenvalue weighted by atomic mass is 19.1. The zero-order valence-corrected chi connectivity index (χ0v) is 17.7. The average Bonchev–Trinajstić information content (AvgIpc) is 2.84. The summed E-state index contributed by atoms with van der Waals surface area (Å²) in [6, 6.07) is 22.3. The molecule has 1 aliphatic heterocycles. The molecule has 1 saturated heterocycles. The summed E-state index contributed by atoms with van der Waals surface area (Å²) in [6.45, 7) is 1.94. The molecule has 3 aromatic carbocycles. The van der Waals surface area contributed by atoms with Crippen molar-refractivity contribution < 1.29 is 18.7 Å². The number of piperidine rings is 1. The molecule has 5 nitrogen and oxygen atoms in total. The zero-order valence-electron chi connectivity index (χ0n) is 17.7. The number of carbonyl (C=O) groups is 2. The molecule has 3 aromatic rings. The van der Waals surface area contributed by atoms with E-state index >= 15 is 0 Å². The van der Waals surface area contributed by atoms with Gasteiger partial charge in [-0.15, -0.1) is 0 Å². The van der Waals surface area contributed by atoms with Crippen LogP contribution in [0.3, 0.4) is 0 Å². The summed E-state index contributed by atoms with van der Waals surface area (Å²) in [6.07, 6.45) is 2.78. The van der Waals surface area contributed by atoms with Crippen LogP contribution in [0.5, 0.6) is 11.5 Å². The second-order valence-electron chi connectivity index (χ2n) is 7.94. The van der Waals surface area contributed by atoms with Crippen LogP contribution in [0.15, 0.2) is 78.9 Å². The Kier molecular flexibility index (Phi) is 6.80. The molecule has 4 rings (SSSR count). The first kappa shape index (κ1) is 21.6. The van der Waals surface area contributed by atoms with Crippen molar-refractivity contribution in [3.8, 4) is 11.5 Å². The minimum absolute atomic E-state index is 0.135. The first-order chi connectivity index (χ1) is 15.6. The number of para-hydroxylation sites is 1. The van der Waals surface area contributed by atoms with Gasteiger partial charge in [-0.05, 0) is 73.4 Å². The summed E-state index contributed by atoms with van der Waals surface area (Å²) in [5.41, 5.74) is 1.31. The molecule has 0 N–H and O–H groups in total. The van der Waals surface area contributed by atoms with Gasteiger partial charge in [0.15, 0.2) is 0 Å². The number of hydrogen-bond donors (Lipinski definition) is 0. The van der Waals surface area contributed by atoms with Crippen LogP contribution in [0.2, 0.25) is 0 Å². The van der Waals surface area contributed by atoms with E-state index in [-0.39, 0.29) is 17.6 Å². The van der Waals surface area contributed by atoms with Crippen LogP contribution < -0.4 is 9.64 Å². The Morgan fingerprint density at radius 2 is 1.81 bits per heavy atom. The Morgan fingerprint density at radius 1 is 1.03 bits per heavy atom.